The van der Waals surface area contributed by atoms with E-state index in [1.165, 1.54) is 71.6 Å². The van der Waals surface area contributed by atoms with Gasteiger partial charge in [0.25, 0.3) is 0 Å². The maximum atomic E-state index is 2.54. The molecule has 0 unspecified atom stereocenters. The smallest absolute Gasteiger partial charge is 0.0776 e. The fourth-order valence-corrected chi connectivity index (χ4v) is 12.2. The lowest BCUT2D eigenvalue weighted by atomic mass is 9.67. The van der Waals surface area contributed by atoms with Crippen LogP contribution in [-0.4, -0.2) is 16.1 Å². The Balaban J connectivity index is 1.31. The molecule has 308 valence electrons. The zero-order valence-electron chi connectivity index (χ0n) is 37.2. The number of anilines is 6. The Morgan fingerprint density at radius 3 is 1.29 bits per heavy atom. The maximum absolute atomic E-state index is 2.54. The van der Waals surface area contributed by atoms with Gasteiger partial charge in [-0.05, 0) is 105 Å². The first-order valence-electron chi connectivity index (χ1n) is 22.3. The molecule has 1 aliphatic rings. The lowest BCUT2D eigenvalue weighted by Crippen LogP contribution is -2.37. The molecule has 63 heavy (non-hydrogen) atoms. The van der Waals surface area contributed by atoms with Crippen LogP contribution in [0, 0.1) is 0 Å². The summed E-state index contributed by atoms with van der Waals surface area (Å²) in [7, 11) is -3.26. The Kier molecular flexibility index (Phi) is 10.2. The molecule has 0 amide bonds. The number of nitrogens with zero attached hydrogens (tertiary/aromatic N) is 2. The molecule has 10 rings (SSSR count). The number of hydrogen-bond acceptors (Lipinski definition) is 2. The highest BCUT2D eigenvalue weighted by Gasteiger charge is 2.48. The van der Waals surface area contributed by atoms with Crippen LogP contribution in [0.5, 0.6) is 0 Å². The van der Waals surface area contributed by atoms with Crippen LogP contribution in [0.2, 0.25) is 39.3 Å². The van der Waals surface area contributed by atoms with Gasteiger partial charge in [0.1, 0.15) is 0 Å². The van der Waals surface area contributed by atoms with E-state index in [0.717, 1.165) is 17.1 Å². The van der Waals surface area contributed by atoms with E-state index in [1.807, 2.05) is 0 Å². The zero-order valence-corrected chi connectivity index (χ0v) is 39.2. The molecular formula is C59H54N2Si2. The van der Waals surface area contributed by atoms with Crippen molar-refractivity contribution in [3.05, 3.63) is 241 Å². The van der Waals surface area contributed by atoms with Gasteiger partial charge in [0, 0.05) is 33.8 Å². The van der Waals surface area contributed by atoms with Gasteiger partial charge in [-0.25, -0.2) is 0 Å². The highest BCUT2D eigenvalue weighted by Crippen LogP contribution is 2.60. The van der Waals surface area contributed by atoms with Gasteiger partial charge < -0.3 is 9.80 Å². The first kappa shape index (κ1) is 40.4. The largest absolute Gasteiger partial charge is 0.310 e. The van der Waals surface area contributed by atoms with E-state index in [1.54, 1.807) is 0 Å². The summed E-state index contributed by atoms with van der Waals surface area (Å²) in [5.41, 5.74) is 13.9. The second-order valence-corrected chi connectivity index (χ2v) is 29.2. The third kappa shape index (κ3) is 7.04. The highest BCUT2D eigenvalue weighted by molar-refractivity contribution is 6.89. The first-order chi connectivity index (χ1) is 30.5. The van der Waals surface area contributed by atoms with Crippen molar-refractivity contribution < 1.29 is 0 Å². The van der Waals surface area contributed by atoms with Crippen molar-refractivity contribution in [2.75, 3.05) is 9.80 Å². The summed E-state index contributed by atoms with van der Waals surface area (Å²) in [6.45, 7) is 14.6. The Morgan fingerprint density at radius 1 is 0.333 bits per heavy atom. The normalized spacial score (nSPS) is 13.0. The number of rotatable bonds is 10. The van der Waals surface area contributed by atoms with Crippen LogP contribution in [-0.2, 0) is 5.41 Å². The number of hydrogen-bond donors (Lipinski definition) is 0. The van der Waals surface area contributed by atoms with Crippen molar-refractivity contribution in [2.45, 2.75) is 44.7 Å². The number of para-hydroxylation sites is 2. The third-order valence-corrected chi connectivity index (χ3v) is 17.1. The summed E-state index contributed by atoms with van der Waals surface area (Å²) in [6, 6.07) is 81.8. The standard InChI is InChI=1S/C59H54N2Si2/c1-62(2,3)50-33-21-31-47(39-50)60(45-27-15-9-16-28-45)49-37-38-54-55(41-49)59(43-23-11-7-12-24-43,44-25-13-8-14-26-44)56-42-57(52-35-19-20-36-53(52)58(54)56)61(46-29-17-10-18-30-46)48-32-22-34-51(40-48)63(4,5)6/h7-42H,1-6H3. The van der Waals surface area contributed by atoms with Crippen LogP contribution in [0.15, 0.2) is 218 Å². The van der Waals surface area contributed by atoms with Crippen LogP contribution in [0.3, 0.4) is 0 Å². The van der Waals surface area contributed by atoms with Gasteiger partial charge in [-0.15, -0.1) is 0 Å². The highest BCUT2D eigenvalue weighted by atomic mass is 28.3. The van der Waals surface area contributed by atoms with Gasteiger partial charge >= 0.3 is 0 Å². The summed E-state index contributed by atoms with van der Waals surface area (Å²) in [5, 5.41) is 5.35. The molecule has 0 N–H and O–H groups in total. The Bertz CT molecular complexity index is 3040. The van der Waals surface area contributed by atoms with E-state index < -0.39 is 21.6 Å². The van der Waals surface area contributed by atoms with E-state index in [-0.39, 0.29) is 0 Å². The molecule has 9 aromatic rings. The predicted octanol–water partition coefficient (Wildman–Crippen LogP) is 15.2. The third-order valence-electron chi connectivity index (χ3n) is 13.0. The minimum Gasteiger partial charge on any atom is -0.310 e. The zero-order chi connectivity index (χ0) is 43.3. The molecule has 0 fully saturated rings. The minimum atomic E-state index is -1.64. The first-order valence-corrected chi connectivity index (χ1v) is 29.3. The topological polar surface area (TPSA) is 6.48 Å². The Hall–Kier alpha value is -6.73. The molecule has 0 aromatic heterocycles. The van der Waals surface area contributed by atoms with Crippen LogP contribution in [0.1, 0.15) is 22.3 Å². The molecule has 4 heteroatoms. The fourth-order valence-electron chi connectivity index (χ4n) is 9.89. The van der Waals surface area contributed by atoms with Crippen LogP contribution in [0.4, 0.5) is 34.1 Å². The van der Waals surface area contributed by atoms with E-state index >= 15 is 0 Å². The van der Waals surface area contributed by atoms with Gasteiger partial charge in [0.15, 0.2) is 0 Å². The summed E-state index contributed by atoms with van der Waals surface area (Å²) < 4.78 is 0. The van der Waals surface area contributed by atoms with Crippen LogP contribution in [0.25, 0.3) is 21.9 Å². The lowest BCUT2D eigenvalue weighted by molar-refractivity contribution is 0.769. The van der Waals surface area contributed by atoms with Crippen molar-refractivity contribution in [3.63, 3.8) is 0 Å². The maximum Gasteiger partial charge on any atom is 0.0776 e. The average Bonchev–Trinajstić information content (AvgIpc) is 3.60. The predicted molar refractivity (Wildman–Crippen MR) is 277 cm³/mol. The second kappa shape index (κ2) is 15.9. The molecule has 0 heterocycles. The Labute approximate surface area is 375 Å². The molecule has 0 atom stereocenters. The van der Waals surface area contributed by atoms with Crippen molar-refractivity contribution in [3.8, 4) is 11.1 Å². The molecule has 1 aliphatic carbocycles. The minimum absolute atomic E-state index is 0.646. The fraction of sp³-hybridized carbons (Fsp3) is 0.119. The molecule has 0 spiro atoms. The van der Waals surface area contributed by atoms with E-state index in [4.69, 9.17) is 0 Å². The lowest BCUT2D eigenvalue weighted by Gasteiger charge is -2.36. The SMILES string of the molecule is C[Si](C)(C)c1cccc(N(c2ccccc2)c2ccc3c(c2)C(c2ccccc2)(c2ccccc2)c2cc(N(c4ccccc4)c4cccc([Si](C)(C)C)c4)c4ccccc4c2-3)c1. The molecular weight excluding hydrogens is 793 g/mol. The van der Waals surface area contributed by atoms with E-state index in [0.29, 0.717) is 0 Å². The van der Waals surface area contributed by atoms with Crippen molar-refractivity contribution >= 4 is 71.4 Å². The van der Waals surface area contributed by atoms with Crippen LogP contribution < -0.4 is 20.2 Å². The molecule has 0 radical (unpaired) electrons. The molecule has 9 aromatic carbocycles. The molecule has 0 saturated carbocycles. The molecule has 2 nitrogen and oxygen atoms in total. The van der Waals surface area contributed by atoms with Crippen molar-refractivity contribution in [1.82, 2.24) is 0 Å². The Morgan fingerprint density at radius 2 is 0.762 bits per heavy atom. The van der Waals surface area contributed by atoms with Gasteiger partial charge in [0.2, 0.25) is 0 Å². The van der Waals surface area contributed by atoms with Crippen molar-refractivity contribution in [2.24, 2.45) is 0 Å². The molecule has 0 aliphatic heterocycles. The molecule has 0 bridgehead atoms. The molecule has 0 saturated heterocycles. The van der Waals surface area contributed by atoms with Gasteiger partial charge in [-0.2, -0.15) is 0 Å². The number of benzene rings is 9. The van der Waals surface area contributed by atoms with E-state index in [9.17, 15) is 0 Å². The van der Waals surface area contributed by atoms with Crippen LogP contribution >= 0.6 is 0 Å². The van der Waals surface area contributed by atoms with Gasteiger partial charge in [0.05, 0.1) is 27.3 Å². The summed E-state index contributed by atoms with van der Waals surface area (Å²) >= 11 is 0. The van der Waals surface area contributed by atoms with Crippen molar-refractivity contribution in [1.29, 1.82) is 0 Å². The van der Waals surface area contributed by atoms with E-state index in [2.05, 4.69) is 267 Å². The summed E-state index contributed by atoms with van der Waals surface area (Å²) in [6.07, 6.45) is 0. The quantitative estimate of drug-likeness (QED) is 0.127. The number of fused-ring (bicyclic) bond motifs is 5. The monoisotopic (exact) mass is 846 g/mol. The average molecular weight is 847 g/mol. The second-order valence-electron chi connectivity index (χ2n) is 19.0. The summed E-state index contributed by atoms with van der Waals surface area (Å²) in [5.74, 6) is 0. The summed E-state index contributed by atoms with van der Waals surface area (Å²) in [4.78, 5) is 4.96. The van der Waals surface area contributed by atoms with Gasteiger partial charge in [-0.1, -0.05) is 201 Å². The van der Waals surface area contributed by atoms with Gasteiger partial charge in [-0.3, -0.25) is 0 Å².